The molecule has 1 saturated heterocycles. The number of rotatable bonds is 4. The lowest BCUT2D eigenvalue weighted by Crippen LogP contribution is -2.46. The van der Waals surface area contributed by atoms with Crippen molar-refractivity contribution in [3.05, 3.63) is 0 Å². The third-order valence-electron chi connectivity index (χ3n) is 3.64. The second-order valence-corrected chi connectivity index (χ2v) is 4.60. The van der Waals surface area contributed by atoms with Gasteiger partial charge in [0.05, 0.1) is 6.61 Å². The summed E-state index contributed by atoms with van der Waals surface area (Å²) in [5.74, 6) is 0.742. The van der Waals surface area contributed by atoms with Crippen LogP contribution in [0, 0.1) is 5.92 Å². The van der Waals surface area contributed by atoms with Crippen molar-refractivity contribution >= 4 is 0 Å². The molecule has 1 atom stereocenters. The van der Waals surface area contributed by atoms with Crippen molar-refractivity contribution < 1.29 is 4.74 Å². The molecule has 2 heteroatoms. The highest BCUT2D eigenvalue weighted by Crippen LogP contribution is 2.34. The fourth-order valence-corrected chi connectivity index (χ4v) is 2.26. The Morgan fingerprint density at radius 2 is 2.15 bits per heavy atom. The average Bonchev–Trinajstić information content (AvgIpc) is 2.45. The Morgan fingerprint density at radius 3 is 2.69 bits per heavy atom. The minimum absolute atomic E-state index is 0.415. The van der Waals surface area contributed by atoms with Crippen molar-refractivity contribution in [3.8, 4) is 0 Å². The predicted octanol–water partition coefficient (Wildman–Crippen LogP) is 2.14. The number of nitrogens with zero attached hydrogens (tertiary/aromatic N) is 1. The molecule has 13 heavy (non-hydrogen) atoms. The summed E-state index contributed by atoms with van der Waals surface area (Å²) in [6.07, 6.45) is 2.69. The van der Waals surface area contributed by atoms with Crippen molar-refractivity contribution in [2.45, 2.75) is 39.2 Å². The van der Waals surface area contributed by atoms with Crippen LogP contribution in [0.5, 0.6) is 0 Å². The molecule has 2 nitrogen and oxygen atoms in total. The molecule has 0 aromatic rings. The van der Waals surface area contributed by atoms with E-state index in [9.17, 15) is 0 Å². The maximum atomic E-state index is 5.14. The van der Waals surface area contributed by atoms with Crippen LogP contribution in [0.25, 0.3) is 0 Å². The van der Waals surface area contributed by atoms with Crippen LogP contribution in [0.2, 0.25) is 0 Å². The number of likely N-dealkylation sites (tertiary alicyclic amines) is 1. The van der Waals surface area contributed by atoms with E-state index in [2.05, 4.69) is 25.7 Å². The molecule has 0 radical (unpaired) electrons. The van der Waals surface area contributed by atoms with E-state index in [0.29, 0.717) is 5.54 Å². The third-order valence-corrected chi connectivity index (χ3v) is 3.64. The number of hydrogen-bond donors (Lipinski definition) is 0. The number of ether oxygens (including phenoxy) is 1. The molecule has 1 heterocycles. The first kappa shape index (κ1) is 11.0. The first-order chi connectivity index (χ1) is 6.11. The summed E-state index contributed by atoms with van der Waals surface area (Å²) >= 11 is 0. The zero-order valence-electron chi connectivity index (χ0n) is 9.47. The van der Waals surface area contributed by atoms with Gasteiger partial charge in [-0.1, -0.05) is 13.8 Å². The van der Waals surface area contributed by atoms with E-state index >= 15 is 0 Å². The van der Waals surface area contributed by atoms with Crippen molar-refractivity contribution in [2.75, 3.05) is 26.8 Å². The minimum Gasteiger partial charge on any atom is -0.383 e. The first-order valence-corrected chi connectivity index (χ1v) is 5.35. The lowest BCUT2D eigenvalue weighted by molar-refractivity contribution is 0.0707. The Labute approximate surface area is 82.3 Å². The van der Waals surface area contributed by atoms with Gasteiger partial charge in [-0.25, -0.2) is 0 Å². The van der Waals surface area contributed by atoms with Crippen LogP contribution in [-0.2, 0) is 4.74 Å². The quantitative estimate of drug-likeness (QED) is 0.665. The Morgan fingerprint density at radius 1 is 1.46 bits per heavy atom. The van der Waals surface area contributed by atoms with Gasteiger partial charge in [-0.3, -0.25) is 4.90 Å². The SMILES string of the molecule is COCCN1CCCC1(C)C(C)C. The van der Waals surface area contributed by atoms with E-state index in [4.69, 9.17) is 4.74 Å². The largest absolute Gasteiger partial charge is 0.383 e. The van der Waals surface area contributed by atoms with Gasteiger partial charge >= 0.3 is 0 Å². The van der Waals surface area contributed by atoms with Gasteiger partial charge in [0.1, 0.15) is 0 Å². The van der Waals surface area contributed by atoms with E-state index in [1.807, 2.05) is 0 Å². The molecule has 0 aromatic heterocycles. The Hall–Kier alpha value is -0.0800. The molecule has 0 spiro atoms. The van der Waals surface area contributed by atoms with Gasteiger partial charge in [0.15, 0.2) is 0 Å². The van der Waals surface area contributed by atoms with E-state index in [0.717, 1.165) is 19.1 Å². The van der Waals surface area contributed by atoms with Crippen molar-refractivity contribution in [2.24, 2.45) is 5.92 Å². The molecule has 1 fully saturated rings. The maximum absolute atomic E-state index is 5.14. The first-order valence-electron chi connectivity index (χ1n) is 5.35. The summed E-state index contributed by atoms with van der Waals surface area (Å²) in [4.78, 5) is 2.58. The fourth-order valence-electron chi connectivity index (χ4n) is 2.26. The van der Waals surface area contributed by atoms with E-state index in [1.165, 1.54) is 19.4 Å². The minimum atomic E-state index is 0.415. The van der Waals surface area contributed by atoms with E-state index in [-0.39, 0.29) is 0 Å². The second kappa shape index (κ2) is 4.43. The van der Waals surface area contributed by atoms with Crippen LogP contribution in [0.15, 0.2) is 0 Å². The smallest absolute Gasteiger partial charge is 0.0589 e. The molecule has 0 aliphatic carbocycles. The summed E-state index contributed by atoms with van der Waals surface area (Å²) in [5, 5.41) is 0. The summed E-state index contributed by atoms with van der Waals surface area (Å²) in [5.41, 5.74) is 0.415. The monoisotopic (exact) mass is 185 g/mol. The molecule has 1 aliphatic heterocycles. The van der Waals surface area contributed by atoms with Crippen LogP contribution in [0.3, 0.4) is 0 Å². The fraction of sp³-hybridized carbons (Fsp3) is 1.00. The molecule has 78 valence electrons. The maximum Gasteiger partial charge on any atom is 0.0589 e. The van der Waals surface area contributed by atoms with Crippen LogP contribution < -0.4 is 0 Å². The van der Waals surface area contributed by atoms with Crippen molar-refractivity contribution in [1.82, 2.24) is 4.90 Å². The van der Waals surface area contributed by atoms with Crippen molar-refractivity contribution in [3.63, 3.8) is 0 Å². The van der Waals surface area contributed by atoms with Crippen LogP contribution in [0.4, 0.5) is 0 Å². The number of methoxy groups -OCH3 is 1. The van der Waals surface area contributed by atoms with Gasteiger partial charge in [0.25, 0.3) is 0 Å². The molecule has 0 amide bonds. The molecule has 0 aromatic carbocycles. The highest BCUT2D eigenvalue weighted by atomic mass is 16.5. The van der Waals surface area contributed by atoms with Gasteiger partial charge in [0.2, 0.25) is 0 Å². The summed E-state index contributed by atoms with van der Waals surface area (Å²) in [6.45, 7) is 10.2. The summed E-state index contributed by atoms with van der Waals surface area (Å²) in [7, 11) is 1.78. The Balaban J connectivity index is 2.52. The molecular weight excluding hydrogens is 162 g/mol. The van der Waals surface area contributed by atoms with Gasteiger partial charge in [0, 0.05) is 19.2 Å². The topological polar surface area (TPSA) is 12.5 Å². The van der Waals surface area contributed by atoms with Crippen molar-refractivity contribution in [1.29, 1.82) is 0 Å². The molecule has 0 bridgehead atoms. The van der Waals surface area contributed by atoms with Gasteiger partial charge in [-0.2, -0.15) is 0 Å². The summed E-state index contributed by atoms with van der Waals surface area (Å²) < 4.78 is 5.14. The molecule has 0 N–H and O–H groups in total. The zero-order valence-corrected chi connectivity index (χ0v) is 9.47. The van der Waals surface area contributed by atoms with E-state index in [1.54, 1.807) is 7.11 Å². The lowest BCUT2D eigenvalue weighted by atomic mass is 9.86. The molecular formula is C11H23NO. The zero-order chi connectivity index (χ0) is 9.90. The molecule has 1 rings (SSSR count). The standard InChI is InChI=1S/C11H23NO/c1-10(2)11(3)6-5-7-12(11)8-9-13-4/h10H,5-9H2,1-4H3. The summed E-state index contributed by atoms with van der Waals surface area (Å²) in [6, 6.07) is 0. The van der Waals surface area contributed by atoms with Crippen LogP contribution in [0.1, 0.15) is 33.6 Å². The van der Waals surface area contributed by atoms with Gasteiger partial charge in [-0.05, 0) is 32.2 Å². The van der Waals surface area contributed by atoms with Crippen LogP contribution >= 0.6 is 0 Å². The molecule has 1 aliphatic rings. The van der Waals surface area contributed by atoms with E-state index < -0.39 is 0 Å². The average molecular weight is 185 g/mol. The van der Waals surface area contributed by atoms with Gasteiger partial charge in [-0.15, -0.1) is 0 Å². The Kier molecular flexibility index (Phi) is 3.74. The molecule has 1 unspecified atom stereocenters. The highest BCUT2D eigenvalue weighted by Gasteiger charge is 2.38. The predicted molar refractivity (Wildman–Crippen MR) is 55.9 cm³/mol. The highest BCUT2D eigenvalue weighted by molar-refractivity contribution is 4.94. The molecule has 0 saturated carbocycles. The second-order valence-electron chi connectivity index (χ2n) is 4.60. The third kappa shape index (κ3) is 2.23. The normalized spacial score (nSPS) is 30.2. The van der Waals surface area contributed by atoms with Crippen LogP contribution in [-0.4, -0.2) is 37.2 Å². The number of hydrogen-bond acceptors (Lipinski definition) is 2. The Bertz CT molecular complexity index is 158. The van der Waals surface area contributed by atoms with Gasteiger partial charge < -0.3 is 4.74 Å². The lowest BCUT2D eigenvalue weighted by Gasteiger charge is -2.38.